The Morgan fingerprint density at radius 1 is 0.963 bits per heavy atom. The smallest absolute Gasteiger partial charge is 0.253 e. The van der Waals surface area contributed by atoms with Crippen LogP contribution < -0.4 is 36.2 Å². The van der Waals surface area contributed by atoms with Crippen molar-refractivity contribution in [3.05, 3.63) is 101 Å². The summed E-state index contributed by atoms with van der Waals surface area (Å²) in [5.74, 6) is 0.136. The van der Waals surface area contributed by atoms with Crippen LogP contribution in [0.5, 0.6) is 5.75 Å². The number of nitrogens with zero attached hydrogens (tertiary/aromatic N) is 7. The molecule has 2 aliphatic carbocycles. The Balaban J connectivity index is 0.824. The van der Waals surface area contributed by atoms with Crippen LogP contribution in [0.25, 0.3) is 10.9 Å². The minimum Gasteiger partial charge on any atom is -0.492 e. The van der Waals surface area contributed by atoms with Gasteiger partial charge in [-0.1, -0.05) is 55.7 Å². The average Bonchev–Trinajstić information content (AvgIpc) is 4.10. The van der Waals surface area contributed by atoms with Gasteiger partial charge >= 0.3 is 0 Å². The standard InChI is InChI=1S/C58H75N13O8S/c1-36-37(2)67-68-51(36)65-52-43-30-48(80(77,78)57(4,5)6)47(31-45(43)61-35-62-52)79-28-14-23-69-24-26-70(27-25-69)49-21-20-41(32-60-49)54(74)63-42-29-46(55(75)66-58(34-72)22-13-18-39-15-11-12-19-44(39)58)71(33-42)56(76)50(40-16-9-8-10-17-40)64-53(73)38(3)59-7/h11-13,15,19-22,30-32,34-35,38,40,42,46,50,59H,8-10,14,16-18,23-29,33H2,1-7H3,(H,63,74)(H,64,73)(H,66,75)(H2,61,62,65,67,68)/t38-,42-,46-,50-,58-/m0/s1. The van der Waals surface area contributed by atoms with Gasteiger partial charge in [-0.3, -0.25) is 34.0 Å². The van der Waals surface area contributed by atoms with E-state index in [0.29, 0.717) is 71.7 Å². The van der Waals surface area contributed by atoms with Crippen molar-refractivity contribution in [1.82, 2.24) is 56.2 Å². The van der Waals surface area contributed by atoms with E-state index in [2.05, 4.69) is 61.5 Å². The summed E-state index contributed by atoms with van der Waals surface area (Å²) in [6.07, 6.45) is 12.9. The van der Waals surface area contributed by atoms with Crippen molar-refractivity contribution in [1.29, 1.82) is 0 Å². The minimum atomic E-state index is -3.85. The van der Waals surface area contributed by atoms with E-state index in [1.54, 1.807) is 59.0 Å². The number of hydrogen-bond acceptors (Lipinski definition) is 16. The number of allylic oxidation sites excluding steroid dienone is 1. The van der Waals surface area contributed by atoms with Gasteiger partial charge in [0.2, 0.25) is 17.7 Å². The molecule has 5 aromatic rings. The number of aldehydes is 1. The molecule has 4 aliphatic rings. The van der Waals surface area contributed by atoms with Gasteiger partial charge in [-0.15, -0.1) is 0 Å². The van der Waals surface area contributed by atoms with E-state index in [4.69, 9.17) is 4.74 Å². The molecule has 1 saturated carbocycles. The fraction of sp³-hybridized carbons (Fsp3) is 0.500. The number of amides is 4. The van der Waals surface area contributed by atoms with E-state index in [9.17, 15) is 32.4 Å². The van der Waals surface area contributed by atoms with Crippen molar-refractivity contribution >= 4 is 68.1 Å². The fourth-order valence-corrected chi connectivity index (χ4v) is 12.5. The van der Waals surface area contributed by atoms with Gasteiger partial charge in [0.05, 0.1) is 28.5 Å². The summed E-state index contributed by atoms with van der Waals surface area (Å²) in [4.78, 5) is 89.5. The van der Waals surface area contributed by atoms with Crippen LogP contribution in [0.2, 0.25) is 0 Å². The number of ether oxygens (including phenoxy) is 1. The number of rotatable bonds is 19. The normalized spacial score (nSPS) is 20.6. The zero-order valence-corrected chi connectivity index (χ0v) is 47.6. The highest BCUT2D eigenvalue weighted by atomic mass is 32.2. The van der Waals surface area contributed by atoms with Crippen LogP contribution in [-0.2, 0) is 41.0 Å². The van der Waals surface area contributed by atoms with Gasteiger partial charge in [-0.2, -0.15) is 5.10 Å². The quantitative estimate of drug-likeness (QED) is 0.0362. The number of likely N-dealkylation sites (tertiary alicyclic amines) is 1. The first kappa shape index (κ1) is 57.4. The number of aromatic amines is 1. The third kappa shape index (κ3) is 12.2. The highest BCUT2D eigenvalue weighted by molar-refractivity contribution is 7.92. The lowest BCUT2D eigenvalue weighted by atomic mass is 9.82. The second-order valence-corrected chi connectivity index (χ2v) is 25.3. The number of anilines is 3. The van der Waals surface area contributed by atoms with Gasteiger partial charge in [-0.05, 0) is 116 Å². The number of likely N-dealkylation sites (N-methyl/N-ethyl adjacent to an activating group) is 1. The Kier molecular flexibility index (Phi) is 17.4. The predicted octanol–water partition coefficient (Wildman–Crippen LogP) is 4.97. The molecule has 4 amide bonds. The third-order valence-corrected chi connectivity index (χ3v) is 18.8. The lowest BCUT2D eigenvalue weighted by molar-refractivity contribution is -0.143. The molecule has 3 aromatic heterocycles. The monoisotopic (exact) mass is 1110 g/mol. The van der Waals surface area contributed by atoms with Crippen LogP contribution in [0.3, 0.4) is 0 Å². The maximum absolute atomic E-state index is 14.9. The van der Waals surface area contributed by atoms with Crippen molar-refractivity contribution in [2.24, 2.45) is 5.92 Å². The van der Waals surface area contributed by atoms with Crippen molar-refractivity contribution in [2.45, 2.75) is 132 Å². The molecule has 0 radical (unpaired) electrons. The molecule has 5 heterocycles. The Morgan fingerprint density at radius 2 is 1.73 bits per heavy atom. The van der Waals surface area contributed by atoms with Gasteiger partial charge < -0.3 is 41.1 Å². The van der Waals surface area contributed by atoms with Crippen LogP contribution in [0, 0.1) is 19.8 Å². The van der Waals surface area contributed by atoms with Crippen LogP contribution in [-0.4, -0.2) is 155 Å². The Labute approximate surface area is 467 Å². The molecule has 6 N–H and O–H groups in total. The molecule has 9 rings (SSSR count). The first-order valence-corrected chi connectivity index (χ1v) is 29.3. The molecule has 3 fully saturated rings. The van der Waals surface area contributed by atoms with Gasteiger partial charge in [0.1, 0.15) is 46.2 Å². The zero-order valence-electron chi connectivity index (χ0n) is 46.8. The maximum Gasteiger partial charge on any atom is 0.253 e. The molecule has 0 spiro atoms. The SMILES string of the molecule is CN[C@@H](C)C(=O)N[C@H](C(=O)N1C[C@@H](NC(=O)c2ccc(N3CCN(CCCOc4cc5ncnc(Nc6n[nH]c(C)c6C)c5cc4S(=O)(=O)C(C)(C)C)CC3)nc2)C[C@H]1C(=O)N[C@]1(C=O)C=CCc2ccccc21)C1CCCCC1. The Bertz CT molecular complexity index is 3240. The van der Waals surface area contributed by atoms with Crippen LogP contribution in [0.15, 0.2) is 78.1 Å². The third-order valence-electron chi connectivity index (χ3n) is 16.3. The summed E-state index contributed by atoms with van der Waals surface area (Å²) in [6, 6.07) is 11.1. The average molecular weight is 1110 g/mol. The number of fused-ring (bicyclic) bond motifs is 2. The van der Waals surface area contributed by atoms with Gasteiger partial charge in [0.25, 0.3) is 5.91 Å². The van der Waals surface area contributed by atoms with Gasteiger partial charge in [0.15, 0.2) is 21.9 Å². The van der Waals surface area contributed by atoms with E-state index in [1.165, 1.54) is 17.4 Å². The number of carbonyl (C=O) groups excluding carboxylic acids is 5. The van der Waals surface area contributed by atoms with E-state index in [0.717, 1.165) is 68.6 Å². The number of aryl methyl sites for hydroxylation is 1. The van der Waals surface area contributed by atoms with Crippen LogP contribution in [0.4, 0.5) is 17.5 Å². The molecule has 2 aliphatic heterocycles. The highest BCUT2D eigenvalue weighted by Gasteiger charge is 2.47. The number of hydrogen-bond donors (Lipinski definition) is 6. The number of nitrogens with one attached hydrogen (secondary N) is 6. The topological polar surface area (TPSA) is 266 Å². The molecule has 80 heavy (non-hydrogen) atoms. The summed E-state index contributed by atoms with van der Waals surface area (Å²) < 4.78 is 33.2. The highest BCUT2D eigenvalue weighted by Crippen LogP contribution is 2.38. The minimum absolute atomic E-state index is 0.0107. The second-order valence-electron chi connectivity index (χ2n) is 22.6. The first-order chi connectivity index (χ1) is 38.3. The number of piperazine rings is 1. The van der Waals surface area contributed by atoms with Crippen molar-refractivity contribution < 1.29 is 37.1 Å². The van der Waals surface area contributed by atoms with E-state index < -0.39 is 62.0 Å². The molecule has 2 saturated heterocycles. The summed E-state index contributed by atoms with van der Waals surface area (Å²) >= 11 is 0. The number of pyridine rings is 1. The summed E-state index contributed by atoms with van der Waals surface area (Å²) in [6.45, 7) is 14.4. The lowest BCUT2D eigenvalue weighted by Gasteiger charge is -2.36. The van der Waals surface area contributed by atoms with Crippen LogP contribution >= 0.6 is 0 Å². The molecular formula is C58H75N13O8S. The lowest BCUT2D eigenvalue weighted by Crippen LogP contribution is -2.59. The van der Waals surface area contributed by atoms with E-state index in [1.807, 2.05) is 50.3 Å². The number of carbonyl (C=O) groups is 5. The van der Waals surface area contributed by atoms with Crippen molar-refractivity contribution in [3.63, 3.8) is 0 Å². The predicted molar refractivity (Wildman–Crippen MR) is 304 cm³/mol. The molecule has 426 valence electrons. The molecule has 0 unspecified atom stereocenters. The second kappa shape index (κ2) is 24.2. The molecule has 2 aromatic carbocycles. The fourth-order valence-electron chi connectivity index (χ4n) is 11.1. The molecule has 0 bridgehead atoms. The largest absolute Gasteiger partial charge is 0.492 e. The Morgan fingerprint density at radius 3 is 2.41 bits per heavy atom. The number of H-pyrrole nitrogens is 1. The number of benzene rings is 2. The number of aromatic nitrogens is 5. The molecular weight excluding hydrogens is 1040 g/mol. The number of sulfone groups is 1. The summed E-state index contributed by atoms with van der Waals surface area (Å²) in [5.41, 5.74) is 2.74. The van der Waals surface area contributed by atoms with Gasteiger partial charge in [0, 0.05) is 74.2 Å². The molecule has 22 heteroatoms. The van der Waals surface area contributed by atoms with Crippen molar-refractivity contribution in [2.75, 3.05) is 63.1 Å². The molecule has 21 nitrogen and oxygen atoms in total. The van der Waals surface area contributed by atoms with E-state index in [-0.39, 0.29) is 42.0 Å². The van der Waals surface area contributed by atoms with Crippen LogP contribution in [0.1, 0.15) is 105 Å². The summed E-state index contributed by atoms with van der Waals surface area (Å²) in [7, 11) is -2.18. The Hall–Kier alpha value is -7.30. The summed E-state index contributed by atoms with van der Waals surface area (Å²) in [5, 5.41) is 23.1. The zero-order chi connectivity index (χ0) is 56.9. The van der Waals surface area contributed by atoms with E-state index >= 15 is 0 Å². The first-order valence-electron chi connectivity index (χ1n) is 27.8. The van der Waals surface area contributed by atoms with Crippen molar-refractivity contribution in [3.8, 4) is 5.75 Å². The maximum atomic E-state index is 14.9. The molecule has 5 atom stereocenters. The van der Waals surface area contributed by atoms with Gasteiger partial charge in [-0.25, -0.2) is 23.4 Å².